The monoisotopic (exact) mass is 360 g/mol. The zero-order valence-corrected chi connectivity index (χ0v) is 15.0. The van der Waals surface area contributed by atoms with Crippen LogP contribution < -0.4 is 19.5 Å². The highest BCUT2D eigenvalue weighted by Gasteiger charge is 2.16. The molecule has 2 aromatic rings. The van der Waals surface area contributed by atoms with Gasteiger partial charge in [0.1, 0.15) is 5.75 Å². The van der Waals surface area contributed by atoms with Crippen LogP contribution in [0.4, 0.5) is 11.4 Å². The first-order valence-electron chi connectivity index (χ1n) is 7.73. The average Bonchev–Trinajstić information content (AvgIpc) is 2.62. The topological polar surface area (TPSA) is 99.9 Å². The summed E-state index contributed by atoms with van der Waals surface area (Å²) in [5, 5.41) is 13.6. The molecule has 2 rings (SSSR count). The minimum Gasteiger partial charge on any atom is -0.495 e. The number of carbonyl (C=O) groups excluding carboxylic acids is 1. The summed E-state index contributed by atoms with van der Waals surface area (Å²) < 4.78 is 15.6. The number of nitro benzene ring substituents is 1. The molecular weight excluding hydrogens is 340 g/mol. The van der Waals surface area contributed by atoms with Crippen molar-refractivity contribution in [2.75, 3.05) is 26.6 Å². The molecule has 0 radical (unpaired) electrons. The van der Waals surface area contributed by atoms with E-state index in [-0.39, 0.29) is 23.7 Å². The SMILES string of the molecule is COc1ccc([N+](=O)[O-])cc1NC(=O)Cc1cc(OC)c(OC)cc1C. The van der Waals surface area contributed by atoms with E-state index in [4.69, 9.17) is 14.2 Å². The molecule has 0 saturated heterocycles. The van der Waals surface area contributed by atoms with Crippen LogP contribution in [0.5, 0.6) is 17.2 Å². The van der Waals surface area contributed by atoms with E-state index in [9.17, 15) is 14.9 Å². The van der Waals surface area contributed by atoms with Crippen molar-refractivity contribution in [2.45, 2.75) is 13.3 Å². The minimum atomic E-state index is -0.534. The molecule has 0 aliphatic heterocycles. The van der Waals surface area contributed by atoms with Crippen LogP contribution in [0.1, 0.15) is 11.1 Å². The number of methoxy groups -OCH3 is 3. The quantitative estimate of drug-likeness (QED) is 0.601. The standard InChI is InChI=1S/C18H20N2O6/c1-11-7-16(25-3)17(26-4)8-12(11)9-18(21)19-14-10-13(20(22)23)5-6-15(14)24-2/h5-8,10H,9H2,1-4H3,(H,19,21). The van der Waals surface area contributed by atoms with Gasteiger partial charge in [0.05, 0.1) is 38.4 Å². The number of nitro groups is 1. The van der Waals surface area contributed by atoms with Crippen LogP contribution in [-0.4, -0.2) is 32.2 Å². The first kappa shape index (κ1) is 19.0. The van der Waals surface area contributed by atoms with Crippen LogP contribution in [0, 0.1) is 17.0 Å². The van der Waals surface area contributed by atoms with E-state index >= 15 is 0 Å². The van der Waals surface area contributed by atoms with Gasteiger partial charge in [-0.15, -0.1) is 0 Å². The smallest absolute Gasteiger partial charge is 0.271 e. The maximum Gasteiger partial charge on any atom is 0.271 e. The van der Waals surface area contributed by atoms with E-state index in [2.05, 4.69) is 5.32 Å². The van der Waals surface area contributed by atoms with Gasteiger partial charge in [0, 0.05) is 12.1 Å². The molecular formula is C18H20N2O6. The number of amides is 1. The third-order valence-corrected chi connectivity index (χ3v) is 3.86. The van der Waals surface area contributed by atoms with Crippen molar-refractivity contribution >= 4 is 17.3 Å². The zero-order valence-electron chi connectivity index (χ0n) is 15.0. The van der Waals surface area contributed by atoms with Crippen molar-refractivity contribution in [3.63, 3.8) is 0 Å². The molecule has 2 aromatic carbocycles. The predicted molar refractivity (Wildman–Crippen MR) is 96.3 cm³/mol. The molecule has 138 valence electrons. The van der Waals surface area contributed by atoms with E-state index in [0.29, 0.717) is 17.2 Å². The number of rotatable bonds is 7. The lowest BCUT2D eigenvalue weighted by Crippen LogP contribution is -2.16. The van der Waals surface area contributed by atoms with Gasteiger partial charge in [-0.3, -0.25) is 14.9 Å². The number of non-ortho nitro benzene ring substituents is 1. The molecule has 8 nitrogen and oxygen atoms in total. The second-order valence-corrected chi connectivity index (χ2v) is 5.50. The number of benzene rings is 2. The van der Waals surface area contributed by atoms with E-state index < -0.39 is 4.92 Å². The van der Waals surface area contributed by atoms with Gasteiger partial charge in [0.15, 0.2) is 11.5 Å². The van der Waals surface area contributed by atoms with Gasteiger partial charge in [-0.25, -0.2) is 0 Å². The summed E-state index contributed by atoms with van der Waals surface area (Å²) in [4.78, 5) is 22.8. The van der Waals surface area contributed by atoms with Gasteiger partial charge in [-0.1, -0.05) is 0 Å². The van der Waals surface area contributed by atoms with E-state index in [1.807, 2.05) is 6.92 Å². The summed E-state index contributed by atoms with van der Waals surface area (Å²) in [7, 11) is 4.48. The Hall–Kier alpha value is -3.29. The third kappa shape index (κ3) is 4.21. The highest BCUT2D eigenvalue weighted by Crippen LogP contribution is 2.31. The fourth-order valence-electron chi connectivity index (χ4n) is 2.49. The van der Waals surface area contributed by atoms with Gasteiger partial charge in [0.2, 0.25) is 5.91 Å². The average molecular weight is 360 g/mol. The molecule has 0 atom stereocenters. The van der Waals surface area contributed by atoms with E-state index in [0.717, 1.165) is 11.1 Å². The Labute approximate surface area is 150 Å². The number of aryl methyl sites for hydroxylation is 1. The Bertz CT molecular complexity index is 835. The largest absolute Gasteiger partial charge is 0.495 e. The maximum atomic E-state index is 12.4. The summed E-state index contributed by atoms with van der Waals surface area (Å²) >= 11 is 0. The van der Waals surface area contributed by atoms with Crippen LogP contribution >= 0.6 is 0 Å². The molecule has 0 heterocycles. The lowest BCUT2D eigenvalue weighted by atomic mass is 10.0. The van der Waals surface area contributed by atoms with Crippen molar-refractivity contribution < 1.29 is 23.9 Å². The van der Waals surface area contributed by atoms with Crippen LogP contribution in [0.25, 0.3) is 0 Å². The number of nitrogens with zero attached hydrogens (tertiary/aromatic N) is 1. The molecule has 1 amide bonds. The molecule has 26 heavy (non-hydrogen) atoms. The van der Waals surface area contributed by atoms with Crippen molar-refractivity contribution in [2.24, 2.45) is 0 Å². The summed E-state index contributed by atoms with van der Waals surface area (Å²) in [6, 6.07) is 7.54. The van der Waals surface area contributed by atoms with Gasteiger partial charge in [0.25, 0.3) is 5.69 Å². The predicted octanol–water partition coefficient (Wildman–Crippen LogP) is 3.11. The molecule has 0 aliphatic rings. The highest BCUT2D eigenvalue weighted by molar-refractivity contribution is 5.94. The molecule has 0 unspecified atom stereocenters. The number of ether oxygens (including phenoxy) is 3. The highest BCUT2D eigenvalue weighted by atomic mass is 16.6. The summed E-state index contributed by atoms with van der Waals surface area (Å²) in [6.45, 7) is 1.86. The Kier molecular flexibility index (Phi) is 6.00. The van der Waals surface area contributed by atoms with Crippen LogP contribution in [0.2, 0.25) is 0 Å². The fraction of sp³-hybridized carbons (Fsp3) is 0.278. The third-order valence-electron chi connectivity index (χ3n) is 3.86. The maximum absolute atomic E-state index is 12.4. The van der Waals surface area contributed by atoms with Gasteiger partial charge >= 0.3 is 0 Å². The van der Waals surface area contributed by atoms with Crippen molar-refractivity contribution in [3.8, 4) is 17.2 Å². The molecule has 0 saturated carbocycles. The Morgan fingerprint density at radius 3 is 2.23 bits per heavy atom. The minimum absolute atomic E-state index is 0.0675. The van der Waals surface area contributed by atoms with Gasteiger partial charge in [-0.05, 0) is 36.2 Å². The van der Waals surface area contributed by atoms with Crippen molar-refractivity contribution in [3.05, 3.63) is 51.6 Å². The van der Waals surface area contributed by atoms with Crippen molar-refractivity contribution in [1.82, 2.24) is 0 Å². The Morgan fingerprint density at radius 2 is 1.65 bits per heavy atom. The molecule has 8 heteroatoms. The van der Waals surface area contributed by atoms with Crippen LogP contribution in [-0.2, 0) is 11.2 Å². The number of carbonyl (C=O) groups is 1. The van der Waals surface area contributed by atoms with Crippen molar-refractivity contribution in [1.29, 1.82) is 0 Å². The van der Waals surface area contributed by atoms with E-state index in [1.54, 1.807) is 12.1 Å². The molecule has 0 spiro atoms. The first-order chi connectivity index (χ1) is 12.4. The summed E-state index contributed by atoms with van der Waals surface area (Å²) in [5.74, 6) is 1.11. The number of nitrogens with one attached hydrogen (secondary N) is 1. The Morgan fingerprint density at radius 1 is 1.04 bits per heavy atom. The molecule has 0 fully saturated rings. The fourth-order valence-corrected chi connectivity index (χ4v) is 2.49. The summed E-state index contributed by atoms with van der Waals surface area (Å²) in [5.41, 5.74) is 1.72. The van der Waals surface area contributed by atoms with Gasteiger partial charge in [-0.2, -0.15) is 0 Å². The number of anilines is 1. The normalized spacial score (nSPS) is 10.2. The van der Waals surface area contributed by atoms with Crippen LogP contribution in [0.3, 0.4) is 0 Å². The molecule has 0 bridgehead atoms. The van der Waals surface area contributed by atoms with Gasteiger partial charge < -0.3 is 19.5 Å². The lowest BCUT2D eigenvalue weighted by molar-refractivity contribution is -0.384. The molecule has 0 aliphatic carbocycles. The lowest BCUT2D eigenvalue weighted by Gasteiger charge is -2.14. The second-order valence-electron chi connectivity index (χ2n) is 5.50. The second kappa shape index (κ2) is 8.19. The number of hydrogen-bond acceptors (Lipinski definition) is 6. The summed E-state index contributed by atoms with van der Waals surface area (Å²) in [6.07, 6.45) is 0.0675. The molecule has 1 N–H and O–H groups in total. The first-order valence-corrected chi connectivity index (χ1v) is 7.73. The molecule has 0 aromatic heterocycles. The number of hydrogen-bond donors (Lipinski definition) is 1. The Balaban J connectivity index is 2.24. The van der Waals surface area contributed by atoms with Crippen LogP contribution in [0.15, 0.2) is 30.3 Å². The zero-order chi connectivity index (χ0) is 19.3. The van der Waals surface area contributed by atoms with E-state index in [1.165, 1.54) is 39.5 Å².